The first-order valence-corrected chi connectivity index (χ1v) is 9.92. The summed E-state index contributed by atoms with van der Waals surface area (Å²) < 4.78 is 29.1. The van der Waals surface area contributed by atoms with Crippen LogP contribution in [0.3, 0.4) is 0 Å². The smallest absolute Gasteiger partial charge is 0.241 e. The van der Waals surface area contributed by atoms with Crippen LogP contribution in [0.4, 0.5) is 5.69 Å². The van der Waals surface area contributed by atoms with Crippen molar-refractivity contribution in [1.29, 1.82) is 0 Å². The minimum Gasteiger partial charge on any atom is -0.398 e. The van der Waals surface area contributed by atoms with E-state index in [0.29, 0.717) is 11.1 Å². The highest BCUT2D eigenvalue weighted by molar-refractivity contribution is 7.89. The topological polar surface area (TPSA) is 72.2 Å². The fourth-order valence-electron chi connectivity index (χ4n) is 3.67. The largest absolute Gasteiger partial charge is 0.398 e. The summed E-state index contributed by atoms with van der Waals surface area (Å²) in [4.78, 5) is 0.278. The molecule has 1 unspecified atom stereocenters. The van der Waals surface area contributed by atoms with Crippen LogP contribution < -0.4 is 10.5 Å². The summed E-state index contributed by atoms with van der Waals surface area (Å²) in [6.45, 7) is 0. The van der Waals surface area contributed by atoms with Crippen molar-refractivity contribution in [2.45, 2.75) is 30.2 Å². The van der Waals surface area contributed by atoms with Gasteiger partial charge in [0.15, 0.2) is 0 Å². The van der Waals surface area contributed by atoms with E-state index >= 15 is 0 Å². The maximum absolute atomic E-state index is 13.1. The first-order chi connectivity index (χ1) is 12.1. The summed E-state index contributed by atoms with van der Waals surface area (Å²) in [7, 11) is -3.65. The normalized spacial score (nSPS) is 17.4. The number of hydrogen-bond donors (Lipinski definition) is 2. The van der Waals surface area contributed by atoms with Crippen LogP contribution in [0.1, 0.15) is 30.0 Å². The van der Waals surface area contributed by atoms with Crippen LogP contribution in [-0.4, -0.2) is 8.42 Å². The lowest BCUT2D eigenvalue weighted by Crippen LogP contribution is -2.31. The first-order valence-electron chi connectivity index (χ1n) is 8.43. The molecule has 3 aromatic carbocycles. The summed E-state index contributed by atoms with van der Waals surface area (Å²) in [5, 5.41) is 1.41. The number of benzene rings is 3. The van der Waals surface area contributed by atoms with Gasteiger partial charge < -0.3 is 5.73 Å². The predicted molar refractivity (Wildman–Crippen MR) is 101 cm³/mol. The lowest BCUT2D eigenvalue weighted by molar-refractivity contribution is 0.508. The average Bonchev–Trinajstić information content (AvgIpc) is 2.62. The van der Waals surface area contributed by atoms with Gasteiger partial charge in [-0.2, -0.15) is 0 Å². The van der Waals surface area contributed by atoms with Crippen molar-refractivity contribution in [2.75, 3.05) is 5.73 Å². The lowest BCUT2D eigenvalue weighted by Gasteiger charge is -2.26. The quantitative estimate of drug-likeness (QED) is 0.705. The molecular weight excluding hydrogens is 332 g/mol. The van der Waals surface area contributed by atoms with E-state index in [0.717, 1.165) is 30.2 Å². The van der Waals surface area contributed by atoms with Crippen LogP contribution in [0.5, 0.6) is 0 Å². The van der Waals surface area contributed by atoms with E-state index in [9.17, 15) is 8.42 Å². The molecule has 25 heavy (non-hydrogen) atoms. The Morgan fingerprint density at radius 3 is 2.56 bits per heavy atom. The van der Waals surface area contributed by atoms with E-state index in [1.54, 1.807) is 30.3 Å². The van der Waals surface area contributed by atoms with Gasteiger partial charge in [-0.3, -0.25) is 0 Å². The van der Waals surface area contributed by atoms with Gasteiger partial charge in [0, 0.05) is 22.5 Å². The third kappa shape index (κ3) is 2.90. The summed E-state index contributed by atoms with van der Waals surface area (Å²) in [5.41, 5.74) is 8.89. The number of hydrogen-bond acceptors (Lipinski definition) is 3. The Balaban J connectivity index is 1.76. The maximum Gasteiger partial charge on any atom is 0.241 e. The molecule has 0 spiro atoms. The van der Waals surface area contributed by atoms with Crippen molar-refractivity contribution in [2.24, 2.45) is 0 Å². The molecule has 0 bridgehead atoms. The van der Waals surface area contributed by atoms with Crippen molar-refractivity contribution >= 4 is 26.5 Å². The maximum atomic E-state index is 13.1. The molecule has 1 aliphatic rings. The zero-order chi connectivity index (χ0) is 17.4. The molecule has 3 N–H and O–H groups in total. The Bertz CT molecular complexity index is 1040. The molecule has 0 saturated heterocycles. The van der Waals surface area contributed by atoms with Crippen LogP contribution in [0.15, 0.2) is 65.6 Å². The summed E-state index contributed by atoms with van der Waals surface area (Å²) in [6, 6.07) is 18.5. The van der Waals surface area contributed by atoms with Crippen LogP contribution in [0, 0.1) is 0 Å². The van der Waals surface area contributed by atoms with E-state index in [2.05, 4.69) is 10.8 Å². The number of rotatable bonds is 3. The Morgan fingerprint density at radius 1 is 0.920 bits per heavy atom. The third-order valence-electron chi connectivity index (χ3n) is 4.87. The molecular formula is C20H20N2O2S. The molecule has 128 valence electrons. The van der Waals surface area contributed by atoms with Crippen molar-refractivity contribution < 1.29 is 8.42 Å². The van der Waals surface area contributed by atoms with Crippen LogP contribution in [0.25, 0.3) is 10.8 Å². The average molecular weight is 352 g/mol. The zero-order valence-corrected chi connectivity index (χ0v) is 14.6. The molecule has 1 aliphatic carbocycles. The van der Waals surface area contributed by atoms with Gasteiger partial charge in [0.1, 0.15) is 0 Å². The molecule has 0 radical (unpaired) electrons. The number of sulfonamides is 1. The minimum absolute atomic E-state index is 0.189. The summed E-state index contributed by atoms with van der Waals surface area (Å²) in [6.07, 6.45) is 2.79. The zero-order valence-electron chi connectivity index (χ0n) is 13.8. The van der Waals surface area contributed by atoms with E-state index in [-0.39, 0.29) is 10.9 Å². The van der Waals surface area contributed by atoms with Crippen LogP contribution in [0.2, 0.25) is 0 Å². The molecule has 0 heterocycles. The first kappa shape index (κ1) is 16.1. The van der Waals surface area contributed by atoms with Gasteiger partial charge in [-0.25, -0.2) is 13.1 Å². The van der Waals surface area contributed by atoms with Gasteiger partial charge >= 0.3 is 0 Å². The molecule has 3 aromatic rings. The van der Waals surface area contributed by atoms with Gasteiger partial charge in [-0.1, -0.05) is 48.5 Å². The fourth-order valence-corrected chi connectivity index (χ4v) is 5.14. The molecule has 0 amide bonds. The van der Waals surface area contributed by atoms with Crippen molar-refractivity contribution in [3.63, 3.8) is 0 Å². The van der Waals surface area contributed by atoms with Crippen LogP contribution in [-0.2, 0) is 16.4 Å². The van der Waals surface area contributed by atoms with E-state index in [1.165, 1.54) is 5.56 Å². The van der Waals surface area contributed by atoms with Crippen LogP contribution >= 0.6 is 0 Å². The second kappa shape index (κ2) is 6.17. The number of aryl methyl sites for hydroxylation is 1. The highest BCUT2D eigenvalue weighted by atomic mass is 32.2. The second-order valence-corrected chi connectivity index (χ2v) is 8.15. The molecule has 0 aliphatic heterocycles. The van der Waals surface area contributed by atoms with Crippen molar-refractivity contribution in [3.8, 4) is 0 Å². The molecule has 1 atom stereocenters. The highest BCUT2D eigenvalue weighted by Crippen LogP contribution is 2.32. The second-order valence-electron chi connectivity index (χ2n) is 6.46. The highest BCUT2D eigenvalue weighted by Gasteiger charge is 2.26. The third-order valence-corrected chi connectivity index (χ3v) is 6.40. The molecule has 4 nitrogen and oxygen atoms in total. The molecule has 0 fully saturated rings. The Hall–Kier alpha value is -2.37. The molecule has 5 heteroatoms. The van der Waals surface area contributed by atoms with Gasteiger partial charge in [-0.15, -0.1) is 0 Å². The van der Waals surface area contributed by atoms with E-state index in [1.807, 2.05) is 24.3 Å². The van der Waals surface area contributed by atoms with Gasteiger partial charge in [0.2, 0.25) is 10.0 Å². The number of anilines is 1. The van der Waals surface area contributed by atoms with Gasteiger partial charge in [0.25, 0.3) is 0 Å². The standard InChI is InChI=1S/C20H20N2O2S/c21-18-11-4-10-17-16(18)9-5-13-20(17)25(23,24)22-19-12-3-7-14-6-1-2-8-15(14)19/h1-2,4-6,8-11,13,19,22H,3,7,12,21H2. The predicted octanol–water partition coefficient (Wildman–Crippen LogP) is 3.78. The van der Waals surface area contributed by atoms with Crippen molar-refractivity contribution in [3.05, 3.63) is 71.8 Å². The lowest BCUT2D eigenvalue weighted by atomic mass is 9.88. The van der Waals surface area contributed by atoms with Gasteiger partial charge in [0.05, 0.1) is 4.90 Å². The fraction of sp³-hybridized carbons (Fsp3) is 0.200. The molecule has 0 saturated carbocycles. The van der Waals surface area contributed by atoms with Gasteiger partial charge in [-0.05, 0) is 42.5 Å². The van der Waals surface area contributed by atoms with E-state index in [4.69, 9.17) is 5.73 Å². The Kier molecular flexibility index (Phi) is 3.98. The molecule has 0 aromatic heterocycles. The summed E-state index contributed by atoms with van der Waals surface area (Å²) in [5.74, 6) is 0. The minimum atomic E-state index is -3.65. The van der Waals surface area contributed by atoms with E-state index < -0.39 is 10.0 Å². The Morgan fingerprint density at radius 2 is 1.68 bits per heavy atom. The Labute approximate surface area is 147 Å². The monoisotopic (exact) mass is 352 g/mol. The summed E-state index contributed by atoms with van der Waals surface area (Å²) >= 11 is 0. The number of fused-ring (bicyclic) bond motifs is 2. The number of nitrogens with one attached hydrogen (secondary N) is 1. The van der Waals surface area contributed by atoms with Crippen molar-refractivity contribution in [1.82, 2.24) is 4.72 Å². The molecule has 4 rings (SSSR count). The SMILES string of the molecule is Nc1cccc2c(S(=O)(=O)NC3CCCc4ccccc43)cccc12. The number of nitrogens with two attached hydrogens (primary N) is 1. The number of nitrogen functional groups attached to an aromatic ring is 1.